The Balaban J connectivity index is 1.61. The van der Waals surface area contributed by atoms with Gasteiger partial charge in [-0.1, -0.05) is 18.7 Å². The first-order valence-corrected chi connectivity index (χ1v) is 7.85. The summed E-state index contributed by atoms with van der Waals surface area (Å²) in [6, 6.07) is 7.46. The minimum Gasteiger partial charge on any atom is -0.339 e. The van der Waals surface area contributed by atoms with Crippen molar-refractivity contribution in [3.63, 3.8) is 0 Å². The Morgan fingerprint density at radius 3 is 2.79 bits per heavy atom. The number of carbonyl (C=O) groups excluding carboxylic acids is 2. The lowest BCUT2D eigenvalue weighted by Crippen LogP contribution is -2.40. The third-order valence-corrected chi connectivity index (χ3v) is 4.17. The zero-order valence-electron chi connectivity index (χ0n) is 13.2. The van der Waals surface area contributed by atoms with Crippen molar-refractivity contribution in [1.29, 1.82) is 0 Å². The number of nitrogens with one attached hydrogen (secondary N) is 2. The minimum atomic E-state index is -0.0900. The van der Waals surface area contributed by atoms with Crippen molar-refractivity contribution >= 4 is 17.5 Å². The van der Waals surface area contributed by atoms with Crippen LogP contribution in [0.4, 0.5) is 5.69 Å². The Morgan fingerprint density at radius 1 is 1.33 bits per heavy atom. The Labute approximate surface area is 139 Å². The largest absolute Gasteiger partial charge is 0.339 e. The normalized spacial score (nSPS) is 15.1. The van der Waals surface area contributed by atoms with E-state index in [-0.39, 0.29) is 17.7 Å². The van der Waals surface area contributed by atoms with Gasteiger partial charge in [-0.15, -0.1) is 0 Å². The molecule has 1 aromatic carbocycles. The number of hydrogen-bond donors (Lipinski definition) is 2. The minimum absolute atomic E-state index is 0.0181. The molecule has 124 valence electrons. The number of hydrogen-bond acceptors (Lipinski definition) is 4. The number of likely N-dealkylation sites (tertiary alicyclic amines) is 1. The van der Waals surface area contributed by atoms with Crippen LogP contribution in [0.3, 0.4) is 0 Å². The topological polar surface area (TPSA) is 91.0 Å². The van der Waals surface area contributed by atoms with Crippen LogP contribution in [0.1, 0.15) is 12.8 Å². The van der Waals surface area contributed by atoms with E-state index in [0.717, 1.165) is 11.3 Å². The number of anilines is 1. The molecule has 1 aliphatic rings. The quantitative estimate of drug-likeness (QED) is 0.839. The zero-order chi connectivity index (χ0) is 16.9. The number of amides is 2. The third kappa shape index (κ3) is 3.51. The molecule has 0 aliphatic carbocycles. The highest BCUT2D eigenvalue weighted by atomic mass is 16.2. The predicted octanol–water partition coefficient (Wildman–Crippen LogP) is 1.83. The van der Waals surface area contributed by atoms with Crippen LogP contribution in [0.15, 0.2) is 43.2 Å². The summed E-state index contributed by atoms with van der Waals surface area (Å²) in [5, 5.41) is 9.57. The monoisotopic (exact) mass is 325 g/mol. The maximum atomic E-state index is 12.4. The van der Waals surface area contributed by atoms with Gasteiger partial charge in [0.2, 0.25) is 11.8 Å². The van der Waals surface area contributed by atoms with E-state index in [4.69, 9.17) is 0 Å². The molecule has 1 fully saturated rings. The number of carbonyl (C=O) groups is 2. The van der Waals surface area contributed by atoms with Gasteiger partial charge in [-0.25, -0.2) is 4.98 Å². The summed E-state index contributed by atoms with van der Waals surface area (Å²) in [5.41, 5.74) is 1.58. The lowest BCUT2D eigenvalue weighted by atomic mass is 9.95. The predicted molar refractivity (Wildman–Crippen MR) is 89.9 cm³/mol. The molecule has 2 heterocycles. The smallest absolute Gasteiger partial charge is 0.245 e. The Morgan fingerprint density at radius 2 is 2.12 bits per heavy atom. The van der Waals surface area contributed by atoms with Gasteiger partial charge in [0.05, 0.1) is 0 Å². The molecule has 24 heavy (non-hydrogen) atoms. The highest BCUT2D eigenvalue weighted by molar-refractivity contribution is 5.93. The first-order chi connectivity index (χ1) is 11.7. The van der Waals surface area contributed by atoms with Crippen LogP contribution in [0, 0.1) is 5.92 Å². The van der Waals surface area contributed by atoms with Crippen LogP contribution >= 0.6 is 0 Å². The Kier molecular flexibility index (Phi) is 4.69. The molecule has 1 saturated heterocycles. The summed E-state index contributed by atoms with van der Waals surface area (Å²) >= 11 is 0. The molecule has 0 unspecified atom stereocenters. The van der Waals surface area contributed by atoms with Crippen molar-refractivity contribution in [1.82, 2.24) is 20.1 Å². The van der Waals surface area contributed by atoms with Gasteiger partial charge >= 0.3 is 0 Å². The van der Waals surface area contributed by atoms with Crippen molar-refractivity contribution in [3.8, 4) is 11.4 Å². The summed E-state index contributed by atoms with van der Waals surface area (Å²) in [4.78, 5) is 29.8. The molecule has 3 rings (SSSR count). The molecule has 1 aromatic heterocycles. The van der Waals surface area contributed by atoms with Gasteiger partial charge in [0.1, 0.15) is 6.33 Å². The molecule has 2 amide bonds. The lowest BCUT2D eigenvalue weighted by Gasteiger charge is -2.30. The van der Waals surface area contributed by atoms with Gasteiger partial charge in [-0.2, -0.15) is 5.10 Å². The SMILES string of the molecule is C=CC(=O)N1CCC(C(=O)Nc2cccc(-c3ncn[nH]3)c2)CC1. The first-order valence-electron chi connectivity index (χ1n) is 7.85. The average Bonchev–Trinajstić information content (AvgIpc) is 3.16. The summed E-state index contributed by atoms with van der Waals surface area (Å²) < 4.78 is 0. The van der Waals surface area contributed by atoms with E-state index >= 15 is 0 Å². The number of H-pyrrole nitrogens is 1. The molecule has 0 saturated carbocycles. The van der Waals surface area contributed by atoms with E-state index < -0.39 is 0 Å². The highest BCUT2D eigenvalue weighted by Gasteiger charge is 2.26. The van der Waals surface area contributed by atoms with Gasteiger partial charge in [0.15, 0.2) is 5.82 Å². The lowest BCUT2D eigenvalue weighted by molar-refractivity contribution is -0.130. The maximum absolute atomic E-state index is 12.4. The van der Waals surface area contributed by atoms with Gasteiger partial charge in [0.25, 0.3) is 0 Å². The fraction of sp³-hybridized carbons (Fsp3) is 0.294. The van der Waals surface area contributed by atoms with Gasteiger partial charge in [-0.05, 0) is 31.1 Å². The second-order valence-electron chi connectivity index (χ2n) is 5.71. The average molecular weight is 325 g/mol. The number of aromatic nitrogens is 3. The van der Waals surface area contributed by atoms with E-state index in [0.29, 0.717) is 31.8 Å². The fourth-order valence-electron chi connectivity index (χ4n) is 2.82. The molecular formula is C17H19N5O2. The maximum Gasteiger partial charge on any atom is 0.245 e. The van der Waals surface area contributed by atoms with Crippen LogP contribution in [0.2, 0.25) is 0 Å². The second kappa shape index (κ2) is 7.08. The number of piperidine rings is 1. The van der Waals surface area contributed by atoms with Gasteiger partial charge in [0, 0.05) is 30.3 Å². The summed E-state index contributed by atoms with van der Waals surface area (Å²) in [5.74, 6) is 0.471. The molecule has 7 nitrogen and oxygen atoms in total. The number of rotatable bonds is 4. The van der Waals surface area contributed by atoms with Crippen LogP contribution in [-0.2, 0) is 9.59 Å². The molecule has 0 spiro atoms. The number of nitrogens with zero attached hydrogens (tertiary/aromatic N) is 3. The Bertz CT molecular complexity index is 733. The van der Waals surface area contributed by atoms with Crippen LogP contribution < -0.4 is 5.32 Å². The Hall–Kier alpha value is -2.96. The van der Waals surface area contributed by atoms with Crippen molar-refractivity contribution < 1.29 is 9.59 Å². The second-order valence-corrected chi connectivity index (χ2v) is 5.71. The van der Waals surface area contributed by atoms with E-state index in [1.165, 1.54) is 12.4 Å². The highest BCUT2D eigenvalue weighted by Crippen LogP contribution is 2.22. The molecule has 0 atom stereocenters. The van der Waals surface area contributed by atoms with Gasteiger partial charge < -0.3 is 10.2 Å². The van der Waals surface area contributed by atoms with Crippen molar-refractivity contribution in [2.24, 2.45) is 5.92 Å². The molecule has 7 heteroatoms. The molecule has 2 N–H and O–H groups in total. The van der Waals surface area contributed by atoms with E-state index in [1.807, 2.05) is 24.3 Å². The van der Waals surface area contributed by atoms with Gasteiger partial charge in [-0.3, -0.25) is 14.7 Å². The van der Waals surface area contributed by atoms with E-state index in [1.54, 1.807) is 4.90 Å². The summed E-state index contributed by atoms with van der Waals surface area (Å²) in [6.45, 7) is 4.66. The first kappa shape index (κ1) is 15.9. The molecule has 2 aromatic rings. The van der Waals surface area contributed by atoms with Crippen LogP contribution in [0.5, 0.6) is 0 Å². The van der Waals surface area contributed by atoms with Crippen molar-refractivity contribution in [3.05, 3.63) is 43.2 Å². The van der Waals surface area contributed by atoms with Crippen LogP contribution in [-0.4, -0.2) is 45.0 Å². The molecule has 0 bridgehead atoms. The molecule has 1 aliphatic heterocycles. The van der Waals surface area contributed by atoms with Crippen molar-refractivity contribution in [2.75, 3.05) is 18.4 Å². The zero-order valence-corrected chi connectivity index (χ0v) is 13.2. The third-order valence-electron chi connectivity index (χ3n) is 4.17. The number of aromatic amines is 1. The molecule has 0 radical (unpaired) electrons. The fourth-order valence-corrected chi connectivity index (χ4v) is 2.82. The van der Waals surface area contributed by atoms with E-state index in [2.05, 4.69) is 27.1 Å². The summed E-state index contributed by atoms with van der Waals surface area (Å²) in [6.07, 6.45) is 4.08. The van der Waals surface area contributed by atoms with E-state index in [9.17, 15) is 9.59 Å². The molecular weight excluding hydrogens is 306 g/mol. The van der Waals surface area contributed by atoms with Crippen molar-refractivity contribution in [2.45, 2.75) is 12.8 Å². The standard InChI is InChI=1S/C17H19N5O2/c1-2-15(23)22-8-6-12(7-9-22)17(24)20-14-5-3-4-13(10-14)16-18-11-19-21-16/h2-5,10-12H,1,6-9H2,(H,20,24)(H,18,19,21). The van der Waals surface area contributed by atoms with Crippen LogP contribution in [0.25, 0.3) is 11.4 Å². The number of benzene rings is 1. The summed E-state index contributed by atoms with van der Waals surface area (Å²) in [7, 11) is 0.